The summed E-state index contributed by atoms with van der Waals surface area (Å²) in [6.07, 6.45) is 8.67. The lowest BCUT2D eigenvalue weighted by Gasteiger charge is -2.15. The van der Waals surface area contributed by atoms with Crippen molar-refractivity contribution in [3.8, 4) is 0 Å². The number of para-hydroxylation sites is 1. The number of carbonyl (C=O) groups excluding carboxylic acids is 2. The van der Waals surface area contributed by atoms with Crippen LogP contribution in [0.25, 0.3) is 0 Å². The van der Waals surface area contributed by atoms with Crippen molar-refractivity contribution in [3.63, 3.8) is 0 Å². The van der Waals surface area contributed by atoms with E-state index >= 15 is 0 Å². The van der Waals surface area contributed by atoms with Crippen molar-refractivity contribution >= 4 is 45.8 Å². The van der Waals surface area contributed by atoms with E-state index in [0.717, 1.165) is 5.69 Å². The Labute approximate surface area is 145 Å². The maximum Gasteiger partial charge on any atom is 0.265 e. The van der Waals surface area contributed by atoms with Gasteiger partial charge in [-0.15, -0.1) is 0 Å². The number of likely N-dealkylation sites (N-methyl/N-ethyl adjacent to an activating group) is 1. The van der Waals surface area contributed by atoms with Crippen LogP contribution in [0.5, 0.6) is 0 Å². The molecule has 1 aromatic carbocycles. The minimum absolute atomic E-state index is 0.0762. The van der Waals surface area contributed by atoms with E-state index in [9.17, 15) is 9.59 Å². The van der Waals surface area contributed by atoms with Crippen molar-refractivity contribution in [2.24, 2.45) is 0 Å². The maximum absolute atomic E-state index is 11.8. The van der Waals surface area contributed by atoms with Gasteiger partial charge in [-0.25, -0.2) is 0 Å². The Kier molecular flexibility index (Phi) is 5.90. The number of hydrogen-bond donors (Lipinski definition) is 0. The van der Waals surface area contributed by atoms with Crippen LogP contribution < -0.4 is 4.90 Å². The molecule has 0 aromatic heterocycles. The molecule has 23 heavy (non-hydrogen) atoms. The Morgan fingerprint density at radius 2 is 1.91 bits per heavy atom. The van der Waals surface area contributed by atoms with E-state index in [-0.39, 0.29) is 11.8 Å². The molecule has 0 bridgehead atoms. The molecule has 0 aliphatic carbocycles. The molecule has 0 atom stereocenters. The molecule has 118 valence electrons. The first-order chi connectivity index (χ1) is 11.0. The summed E-state index contributed by atoms with van der Waals surface area (Å²) < 4.78 is 0.553. The summed E-state index contributed by atoms with van der Waals surface area (Å²) in [5.41, 5.74) is 0.802. The lowest BCUT2D eigenvalue weighted by Crippen LogP contribution is -2.22. The topological polar surface area (TPSA) is 40.6 Å². The Morgan fingerprint density at radius 3 is 2.48 bits per heavy atom. The van der Waals surface area contributed by atoms with Gasteiger partial charge in [-0.05, 0) is 24.3 Å². The van der Waals surface area contributed by atoms with Gasteiger partial charge in [-0.2, -0.15) is 0 Å². The van der Waals surface area contributed by atoms with Crippen LogP contribution in [0.4, 0.5) is 5.69 Å². The van der Waals surface area contributed by atoms with Crippen LogP contribution in [-0.4, -0.2) is 28.1 Å². The number of thioether (sulfide) groups is 1. The summed E-state index contributed by atoms with van der Waals surface area (Å²) >= 11 is 6.34. The van der Waals surface area contributed by atoms with E-state index in [2.05, 4.69) is 0 Å². The maximum atomic E-state index is 11.8. The van der Waals surface area contributed by atoms with Crippen molar-refractivity contribution in [2.45, 2.75) is 6.92 Å². The molecule has 0 saturated carbocycles. The molecule has 6 heteroatoms. The number of hydrogen-bond acceptors (Lipinski definition) is 4. The standard InChI is InChI=1S/C17H16N2O2S2/c1-13(20)19(14-9-5-3-6-10-14)12-8-4-7-11-15-16(21)18(2)17(22)23-15/h3-12H,1-2H3. The number of amides is 2. The number of allylic oxidation sites excluding steroid dienone is 4. The van der Waals surface area contributed by atoms with Gasteiger partial charge in [0.15, 0.2) is 0 Å². The summed E-state index contributed by atoms with van der Waals surface area (Å²) in [6, 6.07) is 9.38. The van der Waals surface area contributed by atoms with Crippen molar-refractivity contribution in [2.75, 3.05) is 11.9 Å². The van der Waals surface area contributed by atoms with E-state index < -0.39 is 0 Å². The van der Waals surface area contributed by atoms with E-state index in [4.69, 9.17) is 12.2 Å². The van der Waals surface area contributed by atoms with Crippen LogP contribution in [0, 0.1) is 0 Å². The fourth-order valence-corrected chi connectivity index (χ4v) is 3.00. The minimum atomic E-state index is -0.0942. The zero-order valence-electron chi connectivity index (χ0n) is 12.8. The molecular weight excluding hydrogens is 328 g/mol. The second-order valence-corrected chi connectivity index (χ2v) is 6.39. The normalized spacial score (nSPS) is 17.0. The highest BCUT2D eigenvalue weighted by molar-refractivity contribution is 8.26. The molecular formula is C17H16N2O2S2. The van der Waals surface area contributed by atoms with Gasteiger partial charge in [0.1, 0.15) is 4.32 Å². The van der Waals surface area contributed by atoms with Crippen molar-refractivity contribution in [1.82, 2.24) is 4.90 Å². The zero-order chi connectivity index (χ0) is 16.8. The first-order valence-corrected chi connectivity index (χ1v) is 8.13. The number of carbonyl (C=O) groups is 2. The molecule has 1 aliphatic rings. The predicted octanol–water partition coefficient (Wildman–Crippen LogP) is 3.48. The van der Waals surface area contributed by atoms with E-state index in [1.807, 2.05) is 30.3 Å². The van der Waals surface area contributed by atoms with Crippen LogP contribution >= 0.6 is 24.0 Å². The molecule has 0 unspecified atom stereocenters. The third-order valence-electron chi connectivity index (χ3n) is 3.07. The molecule has 4 nitrogen and oxygen atoms in total. The fraction of sp³-hybridized carbons (Fsp3) is 0.118. The Morgan fingerprint density at radius 1 is 1.22 bits per heavy atom. The highest BCUT2D eigenvalue weighted by Crippen LogP contribution is 2.29. The van der Waals surface area contributed by atoms with Gasteiger partial charge < -0.3 is 0 Å². The van der Waals surface area contributed by atoms with E-state index in [0.29, 0.717) is 9.23 Å². The molecule has 0 radical (unpaired) electrons. The summed E-state index contributed by atoms with van der Waals surface area (Å²) in [5, 5.41) is 0. The monoisotopic (exact) mass is 344 g/mol. The SMILES string of the molecule is CC(=O)N(C=CC=CC=C1SC(=S)N(C)C1=O)c1ccccc1. The van der Waals surface area contributed by atoms with Crippen molar-refractivity contribution < 1.29 is 9.59 Å². The predicted molar refractivity (Wildman–Crippen MR) is 98.9 cm³/mol. The Hall–Kier alpha value is -2.18. The molecule has 2 rings (SSSR count). The second kappa shape index (κ2) is 7.89. The van der Waals surface area contributed by atoms with Gasteiger partial charge in [0.25, 0.3) is 5.91 Å². The number of rotatable bonds is 4. The average molecular weight is 344 g/mol. The van der Waals surface area contributed by atoms with Gasteiger partial charge >= 0.3 is 0 Å². The minimum Gasteiger partial charge on any atom is -0.296 e. The first-order valence-electron chi connectivity index (χ1n) is 6.90. The van der Waals surface area contributed by atoms with Gasteiger partial charge in [-0.1, -0.05) is 54.3 Å². The molecule has 1 aromatic rings. The number of nitrogens with zero attached hydrogens (tertiary/aromatic N) is 2. The molecule has 1 fully saturated rings. The smallest absolute Gasteiger partial charge is 0.265 e. The third-order valence-corrected chi connectivity index (χ3v) is 4.57. The summed E-state index contributed by atoms with van der Waals surface area (Å²) in [7, 11) is 1.66. The quantitative estimate of drug-likeness (QED) is 0.476. The molecule has 2 amide bonds. The van der Waals surface area contributed by atoms with E-state index in [1.165, 1.54) is 23.6 Å². The summed E-state index contributed by atoms with van der Waals surface area (Å²) in [4.78, 5) is 27.1. The van der Waals surface area contributed by atoms with Crippen molar-refractivity contribution in [1.29, 1.82) is 0 Å². The van der Waals surface area contributed by atoms with Crippen molar-refractivity contribution in [3.05, 3.63) is 65.7 Å². The van der Waals surface area contributed by atoms with Crippen LogP contribution in [0.15, 0.2) is 65.7 Å². The largest absolute Gasteiger partial charge is 0.296 e. The third kappa shape index (κ3) is 4.40. The molecule has 0 spiro atoms. The van der Waals surface area contributed by atoms with Gasteiger partial charge in [0.2, 0.25) is 5.91 Å². The molecule has 1 heterocycles. The lowest BCUT2D eigenvalue weighted by molar-refractivity contribution is -0.121. The summed E-state index contributed by atoms with van der Waals surface area (Å²) in [6.45, 7) is 1.51. The number of benzene rings is 1. The Balaban J connectivity index is 2.04. The lowest BCUT2D eigenvalue weighted by atomic mass is 10.3. The zero-order valence-corrected chi connectivity index (χ0v) is 14.4. The molecule has 0 N–H and O–H groups in total. The number of anilines is 1. The van der Waals surface area contributed by atoms with Gasteiger partial charge in [0.05, 0.1) is 4.91 Å². The fourth-order valence-electron chi connectivity index (χ4n) is 1.86. The Bertz CT molecular complexity index is 709. The highest BCUT2D eigenvalue weighted by atomic mass is 32.2. The average Bonchev–Trinajstić information content (AvgIpc) is 2.78. The van der Waals surface area contributed by atoms with Gasteiger partial charge in [0, 0.05) is 25.9 Å². The summed E-state index contributed by atoms with van der Waals surface area (Å²) in [5.74, 6) is -0.170. The van der Waals surface area contributed by atoms with Crippen LogP contribution in [0.3, 0.4) is 0 Å². The van der Waals surface area contributed by atoms with Crippen LogP contribution in [0.1, 0.15) is 6.92 Å². The van der Waals surface area contributed by atoms with Gasteiger partial charge in [-0.3, -0.25) is 19.4 Å². The molecule has 1 aliphatic heterocycles. The highest BCUT2D eigenvalue weighted by Gasteiger charge is 2.27. The molecule has 1 saturated heterocycles. The number of thiocarbonyl (C=S) groups is 1. The van der Waals surface area contributed by atoms with Crippen LogP contribution in [0.2, 0.25) is 0 Å². The second-order valence-electron chi connectivity index (χ2n) is 4.71. The van der Waals surface area contributed by atoms with E-state index in [1.54, 1.807) is 42.5 Å². The first kappa shape index (κ1) is 17.2. The van der Waals surface area contributed by atoms with Crippen LogP contribution in [-0.2, 0) is 9.59 Å².